The Kier molecular flexibility index (Phi) is 7.59. The fraction of sp³-hybridized carbons (Fsp3) is 0.261. The molecule has 0 aromatic heterocycles. The Labute approximate surface area is 217 Å². The third-order valence-corrected chi connectivity index (χ3v) is 6.16. The summed E-state index contributed by atoms with van der Waals surface area (Å²) in [7, 11) is 0. The monoisotopic (exact) mass is 547 g/mol. The smallest absolute Gasteiger partial charge is 0.465 e. The third-order valence-electron chi connectivity index (χ3n) is 5.82. The maximum atomic E-state index is 12.4. The Hall–Kier alpha value is -4.50. The van der Waals surface area contributed by atoms with Crippen molar-refractivity contribution in [2.45, 2.75) is 31.7 Å². The van der Waals surface area contributed by atoms with Gasteiger partial charge in [0.15, 0.2) is 0 Å². The number of imide groups is 1. The number of carboxylic acid groups (broad SMARTS) is 1. The van der Waals surface area contributed by atoms with Crippen molar-refractivity contribution in [3.63, 3.8) is 0 Å². The first-order valence-corrected chi connectivity index (χ1v) is 12.1. The molecule has 1 saturated heterocycles. The molecule has 0 spiro atoms. The molecular formula is C23H21N3O11S. The van der Waals surface area contributed by atoms with Crippen molar-refractivity contribution in [2.75, 3.05) is 11.9 Å². The number of amides is 4. The second-order valence-electron chi connectivity index (χ2n) is 8.30. The van der Waals surface area contributed by atoms with Crippen LogP contribution in [0.4, 0.5) is 15.3 Å². The van der Waals surface area contributed by atoms with Gasteiger partial charge in [0.1, 0.15) is 18.4 Å². The van der Waals surface area contributed by atoms with Gasteiger partial charge in [-0.15, -0.1) is 0 Å². The number of hydrogen-bond donors (Lipinski definition) is 4. The second kappa shape index (κ2) is 10.9. The van der Waals surface area contributed by atoms with Crippen LogP contribution in [-0.4, -0.2) is 61.6 Å². The standard InChI is InChI=1S/C23H21N3O11S/c1-11(24-22(30)31)21(29)25-12-2-4-14-15-5-3-13(37-38(33)34)9-17(15)18(16(14)8-12)10-35-23(32)36-26-19(27)6-7-20(26)28/h2-5,8-9,11,18,24H,6-7,10H2,1H3,(H,25,29)(H,30,31)(H,33,34). The van der Waals surface area contributed by atoms with Gasteiger partial charge in [0.25, 0.3) is 11.8 Å². The molecule has 0 saturated carbocycles. The summed E-state index contributed by atoms with van der Waals surface area (Å²) in [6.45, 7) is 1.05. The predicted octanol–water partition coefficient (Wildman–Crippen LogP) is 2.13. The molecule has 1 aliphatic heterocycles. The topological polar surface area (TPSA) is 198 Å². The Morgan fingerprint density at radius 3 is 2.34 bits per heavy atom. The predicted molar refractivity (Wildman–Crippen MR) is 128 cm³/mol. The lowest BCUT2D eigenvalue weighted by Gasteiger charge is -2.17. The van der Waals surface area contributed by atoms with Crippen molar-refractivity contribution in [3.05, 3.63) is 47.5 Å². The summed E-state index contributed by atoms with van der Waals surface area (Å²) in [5.41, 5.74) is 2.89. The number of nitrogens with one attached hydrogen (secondary N) is 2. The molecule has 4 amide bonds. The summed E-state index contributed by atoms with van der Waals surface area (Å²) < 4.78 is 30.3. The number of fused-ring (bicyclic) bond motifs is 3. The van der Waals surface area contributed by atoms with Crippen molar-refractivity contribution < 1.29 is 51.6 Å². The van der Waals surface area contributed by atoms with E-state index in [4.69, 9.17) is 23.4 Å². The van der Waals surface area contributed by atoms with E-state index in [0.29, 0.717) is 33.0 Å². The largest absolute Gasteiger partial charge is 0.533 e. The van der Waals surface area contributed by atoms with Crippen LogP contribution in [0.1, 0.15) is 36.8 Å². The third kappa shape index (κ3) is 5.73. The first kappa shape index (κ1) is 26.6. The van der Waals surface area contributed by atoms with E-state index < -0.39 is 53.3 Å². The van der Waals surface area contributed by atoms with Crippen LogP contribution in [0.25, 0.3) is 11.1 Å². The second-order valence-corrected chi connectivity index (χ2v) is 8.90. The molecule has 2 aromatic rings. The van der Waals surface area contributed by atoms with Gasteiger partial charge in [-0.1, -0.05) is 17.2 Å². The van der Waals surface area contributed by atoms with Crippen LogP contribution in [0.15, 0.2) is 36.4 Å². The minimum atomic E-state index is -2.58. The maximum absolute atomic E-state index is 12.4. The SMILES string of the molecule is CC(NC(=O)O)C(=O)Nc1ccc2c(c1)C(COC(=O)ON1C(=O)CCC1=O)c1cc(OS(=O)O)ccc1-2. The molecule has 38 heavy (non-hydrogen) atoms. The van der Waals surface area contributed by atoms with E-state index >= 15 is 0 Å². The molecule has 3 atom stereocenters. The van der Waals surface area contributed by atoms with E-state index in [1.165, 1.54) is 19.1 Å². The lowest BCUT2D eigenvalue weighted by atomic mass is 9.97. The van der Waals surface area contributed by atoms with E-state index in [9.17, 15) is 28.2 Å². The molecule has 14 nitrogen and oxygen atoms in total. The Morgan fingerprint density at radius 2 is 1.71 bits per heavy atom. The van der Waals surface area contributed by atoms with Crippen LogP contribution in [0.2, 0.25) is 0 Å². The van der Waals surface area contributed by atoms with Gasteiger partial charge in [-0.05, 0) is 53.4 Å². The number of carbonyl (C=O) groups excluding carboxylic acids is 4. The van der Waals surface area contributed by atoms with E-state index in [1.807, 2.05) is 0 Å². The van der Waals surface area contributed by atoms with Gasteiger partial charge in [-0.2, -0.15) is 4.21 Å². The van der Waals surface area contributed by atoms with Crippen LogP contribution in [0, 0.1) is 0 Å². The number of hydroxylamine groups is 2. The quantitative estimate of drug-likeness (QED) is 0.214. The molecule has 2 aliphatic rings. The summed E-state index contributed by atoms with van der Waals surface area (Å²) >= 11 is -2.58. The van der Waals surface area contributed by atoms with Crippen molar-refractivity contribution in [2.24, 2.45) is 0 Å². The van der Waals surface area contributed by atoms with Crippen LogP contribution in [-0.2, 0) is 35.3 Å². The van der Waals surface area contributed by atoms with E-state index in [-0.39, 0.29) is 25.2 Å². The van der Waals surface area contributed by atoms with Gasteiger partial charge in [0.2, 0.25) is 5.91 Å². The first-order valence-electron chi connectivity index (χ1n) is 11.1. The number of ether oxygens (including phenoxy) is 1. The lowest BCUT2D eigenvalue weighted by Crippen LogP contribution is -2.40. The lowest BCUT2D eigenvalue weighted by molar-refractivity contribution is -0.177. The molecule has 1 fully saturated rings. The number of nitrogens with zero attached hydrogens (tertiary/aromatic N) is 1. The van der Waals surface area contributed by atoms with Gasteiger partial charge >= 0.3 is 23.6 Å². The van der Waals surface area contributed by atoms with Crippen molar-refractivity contribution in [3.8, 4) is 16.9 Å². The fourth-order valence-electron chi connectivity index (χ4n) is 4.14. The molecule has 200 valence electrons. The van der Waals surface area contributed by atoms with Crippen molar-refractivity contribution in [1.82, 2.24) is 10.4 Å². The molecule has 1 heterocycles. The van der Waals surface area contributed by atoms with Crippen LogP contribution >= 0.6 is 0 Å². The summed E-state index contributed by atoms with van der Waals surface area (Å²) in [6.07, 6.45) is -2.81. The van der Waals surface area contributed by atoms with Gasteiger partial charge in [-0.3, -0.25) is 23.8 Å². The maximum Gasteiger partial charge on any atom is 0.533 e. The summed E-state index contributed by atoms with van der Waals surface area (Å²) in [4.78, 5) is 63.6. The highest BCUT2D eigenvalue weighted by molar-refractivity contribution is 7.74. The molecule has 2 aromatic carbocycles. The molecule has 3 unspecified atom stereocenters. The molecular weight excluding hydrogens is 526 g/mol. The average molecular weight is 547 g/mol. The summed E-state index contributed by atoms with van der Waals surface area (Å²) in [5.74, 6) is -2.55. The van der Waals surface area contributed by atoms with Crippen molar-refractivity contribution in [1.29, 1.82) is 0 Å². The first-order chi connectivity index (χ1) is 18.0. The molecule has 1 aliphatic carbocycles. The van der Waals surface area contributed by atoms with Crippen LogP contribution in [0.5, 0.6) is 5.75 Å². The van der Waals surface area contributed by atoms with E-state index in [2.05, 4.69) is 10.6 Å². The number of anilines is 1. The highest BCUT2D eigenvalue weighted by Gasteiger charge is 2.35. The molecule has 4 N–H and O–H groups in total. The Balaban J connectivity index is 1.58. The molecule has 0 radical (unpaired) electrons. The number of carbonyl (C=O) groups is 5. The van der Waals surface area contributed by atoms with E-state index in [0.717, 1.165) is 0 Å². The minimum Gasteiger partial charge on any atom is -0.465 e. The highest BCUT2D eigenvalue weighted by atomic mass is 32.2. The average Bonchev–Trinajstić information content (AvgIpc) is 3.32. The van der Waals surface area contributed by atoms with Gasteiger partial charge < -0.3 is 24.7 Å². The van der Waals surface area contributed by atoms with Gasteiger partial charge in [0, 0.05) is 24.4 Å². The Morgan fingerprint density at radius 1 is 1.08 bits per heavy atom. The van der Waals surface area contributed by atoms with Gasteiger partial charge in [-0.25, -0.2) is 9.59 Å². The normalized spacial score (nSPS) is 17.2. The molecule has 4 rings (SSSR count). The zero-order chi connectivity index (χ0) is 27.6. The Bertz CT molecular complexity index is 1350. The highest BCUT2D eigenvalue weighted by Crippen LogP contribution is 2.47. The number of rotatable bonds is 8. The fourth-order valence-corrected chi connectivity index (χ4v) is 4.41. The van der Waals surface area contributed by atoms with Gasteiger partial charge in [0.05, 0.1) is 0 Å². The number of hydrogen-bond acceptors (Lipinski definition) is 9. The zero-order valence-electron chi connectivity index (χ0n) is 19.7. The zero-order valence-corrected chi connectivity index (χ0v) is 20.5. The summed E-state index contributed by atoms with van der Waals surface area (Å²) in [6, 6.07) is 8.49. The minimum absolute atomic E-state index is 0.0697. The molecule has 0 bridgehead atoms. The van der Waals surface area contributed by atoms with Crippen LogP contribution in [0.3, 0.4) is 0 Å². The molecule has 15 heteroatoms. The van der Waals surface area contributed by atoms with Crippen molar-refractivity contribution >= 4 is 47.0 Å². The van der Waals surface area contributed by atoms with E-state index in [1.54, 1.807) is 24.3 Å². The number of benzene rings is 2. The summed E-state index contributed by atoms with van der Waals surface area (Å²) in [5, 5.41) is 13.8. The van der Waals surface area contributed by atoms with Crippen LogP contribution < -0.4 is 14.8 Å².